The first-order valence-electron chi connectivity index (χ1n) is 7.68. The number of carboxylic acid groups (broad SMARTS) is 1. The molecule has 24 heavy (non-hydrogen) atoms. The lowest BCUT2D eigenvalue weighted by Crippen LogP contribution is -2.14. The molecule has 5 nitrogen and oxygen atoms in total. The first kappa shape index (κ1) is 17.5. The molecule has 2 rings (SSSR count). The van der Waals surface area contributed by atoms with E-state index in [1.807, 2.05) is 31.2 Å². The van der Waals surface area contributed by atoms with Crippen LogP contribution in [0, 0.1) is 13.8 Å². The number of carbonyl (C=O) groups excluding carboxylic acids is 1. The molecular formula is C19H21NO4. The highest BCUT2D eigenvalue weighted by molar-refractivity contribution is 5.95. The van der Waals surface area contributed by atoms with Crippen LogP contribution >= 0.6 is 0 Å². The molecule has 0 fully saturated rings. The van der Waals surface area contributed by atoms with Crippen LogP contribution in [-0.4, -0.2) is 24.1 Å². The summed E-state index contributed by atoms with van der Waals surface area (Å²) >= 11 is 0. The second-order valence-corrected chi connectivity index (χ2v) is 5.69. The van der Waals surface area contributed by atoms with Gasteiger partial charge in [0.05, 0.1) is 12.7 Å². The lowest BCUT2D eigenvalue weighted by atomic mass is 10.0. The fourth-order valence-corrected chi connectivity index (χ4v) is 2.52. The Morgan fingerprint density at radius 1 is 1.12 bits per heavy atom. The monoisotopic (exact) mass is 327 g/mol. The molecule has 0 bridgehead atoms. The third-order valence-electron chi connectivity index (χ3n) is 3.85. The minimum atomic E-state index is -1.00. The van der Waals surface area contributed by atoms with Crippen molar-refractivity contribution in [2.45, 2.75) is 26.7 Å². The molecule has 0 saturated carbocycles. The van der Waals surface area contributed by atoms with Gasteiger partial charge >= 0.3 is 5.97 Å². The molecule has 0 atom stereocenters. The van der Waals surface area contributed by atoms with Crippen LogP contribution in [0.15, 0.2) is 36.4 Å². The smallest absolute Gasteiger partial charge is 0.336 e. The summed E-state index contributed by atoms with van der Waals surface area (Å²) in [6.45, 7) is 3.58. The standard InChI is InChI=1S/C19H21NO4/c1-12-9-13(2)17(11-16(12)19(22)23)20-18(21)8-7-14-5-4-6-15(10-14)24-3/h4-6,9-11H,7-8H2,1-3H3,(H,20,21)(H,22,23). The number of rotatable bonds is 6. The average Bonchev–Trinajstić information content (AvgIpc) is 2.55. The summed E-state index contributed by atoms with van der Waals surface area (Å²) in [5, 5.41) is 12.0. The van der Waals surface area contributed by atoms with Gasteiger partial charge in [0.1, 0.15) is 5.75 Å². The summed E-state index contributed by atoms with van der Waals surface area (Å²) in [6, 6.07) is 10.8. The predicted molar refractivity (Wildman–Crippen MR) is 92.8 cm³/mol. The average molecular weight is 327 g/mol. The number of carbonyl (C=O) groups is 2. The Labute approximate surface area is 141 Å². The van der Waals surface area contributed by atoms with Crippen molar-refractivity contribution in [3.63, 3.8) is 0 Å². The number of carboxylic acids is 1. The maximum Gasteiger partial charge on any atom is 0.336 e. The number of nitrogens with one attached hydrogen (secondary N) is 1. The maximum absolute atomic E-state index is 12.2. The highest BCUT2D eigenvalue weighted by atomic mass is 16.5. The van der Waals surface area contributed by atoms with Crippen molar-refractivity contribution in [2.75, 3.05) is 12.4 Å². The van der Waals surface area contributed by atoms with E-state index in [0.717, 1.165) is 16.9 Å². The summed E-state index contributed by atoms with van der Waals surface area (Å²) in [5.74, 6) is -0.395. The number of aryl methyl sites for hydroxylation is 3. The predicted octanol–water partition coefficient (Wildman–Crippen LogP) is 3.58. The Morgan fingerprint density at radius 3 is 2.54 bits per heavy atom. The Bertz CT molecular complexity index is 768. The van der Waals surface area contributed by atoms with Crippen LogP contribution in [0.2, 0.25) is 0 Å². The van der Waals surface area contributed by atoms with E-state index >= 15 is 0 Å². The van der Waals surface area contributed by atoms with Crippen LogP contribution in [0.5, 0.6) is 5.75 Å². The summed E-state index contributed by atoms with van der Waals surface area (Å²) in [6.07, 6.45) is 0.891. The topological polar surface area (TPSA) is 75.6 Å². The van der Waals surface area contributed by atoms with Gasteiger partial charge in [0.2, 0.25) is 5.91 Å². The molecule has 0 aliphatic carbocycles. The van der Waals surface area contributed by atoms with Gasteiger partial charge in [-0.2, -0.15) is 0 Å². The van der Waals surface area contributed by atoms with Crippen LogP contribution in [0.3, 0.4) is 0 Å². The first-order valence-corrected chi connectivity index (χ1v) is 7.68. The molecule has 0 spiro atoms. The maximum atomic E-state index is 12.2. The minimum absolute atomic E-state index is 0.152. The van der Waals surface area contributed by atoms with Crippen LogP contribution in [0.1, 0.15) is 33.5 Å². The van der Waals surface area contributed by atoms with Crippen molar-refractivity contribution >= 4 is 17.6 Å². The van der Waals surface area contributed by atoms with Crippen molar-refractivity contribution in [3.05, 3.63) is 58.7 Å². The summed E-state index contributed by atoms with van der Waals surface area (Å²) in [5.41, 5.74) is 3.26. The van der Waals surface area contributed by atoms with Crippen LogP contribution in [0.25, 0.3) is 0 Å². The van der Waals surface area contributed by atoms with E-state index in [-0.39, 0.29) is 11.5 Å². The molecular weight excluding hydrogens is 306 g/mol. The molecule has 126 valence electrons. The lowest BCUT2D eigenvalue weighted by Gasteiger charge is -2.11. The van der Waals surface area contributed by atoms with Gasteiger partial charge < -0.3 is 15.2 Å². The van der Waals surface area contributed by atoms with Gasteiger partial charge in [0.15, 0.2) is 0 Å². The Kier molecular flexibility index (Phi) is 5.58. The molecule has 1 amide bonds. The second kappa shape index (κ2) is 7.64. The lowest BCUT2D eigenvalue weighted by molar-refractivity contribution is -0.116. The molecule has 0 radical (unpaired) electrons. The van der Waals surface area contributed by atoms with E-state index in [2.05, 4.69) is 5.32 Å². The Morgan fingerprint density at radius 2 is 1.88 bits per heavy atom. The summed E-state index contributed by atoms with van der Waals surface area (Å²) < 4.78 is 5.16. The van der Waals surface area contributed by atoms with Crippen molar-refractivity contribution in [3.8, 4) is 5.75 Å². The van der Waals surface area contributed by atoms with Crippen LogP contribution in [-0.2, 0) is 11.2 Å². The number of ether oxygens (including phenoxy) is 1. The van der Waals surface area contributed by atoms with E-state index in [1.165, 1.54) is 6.07 Å². The Balaban J connectivity index is 2.04. The number of aromatic carboxylic acids is 1. The van der Waals surface area contributed by atoms with Gasteiger partial charge in [-0.05, 0) is 55.2 Å². The van der Waals surface area contributed by atoms with Crippen LogP contribution < -0.4 is 10.1 Å². The summed E-state index contributed by atoms with van der Waals surface area (Å²) in [4.78, 5) is 23.4. The third-order valence-corrected chi connectivity index (χ3v) is 3.85. The van der Waals surface area contributed by atoms with E-state index in [4.69, 9.17) is 4.74 Å². The highest BCUT2D eigenvalue weighted by Gasteiger charge is 2.12. The normalized spacial score (nSPS) is 10.3. The van der Waals surface area contributed by atoms with Crippen LogP contribution in [0.4, 0.5) is 5.69 Å². The number of hydrogen-bond acceptors (Lipinski definition) is 3. The molecule has 2 N–H and O–H groups in total. The van der Waals surface area contributed by atoms with E-state index in [1.54, 1.807) is 20.1 Å². The van der Waals surface area contributed by atoms with Gasteiger partial charge in [-0.15, -0.1) is 0 Å². The second-order valence-electron chi connectivity index (χ2n) is 5.69. The van der Waals surface area contributed by atoms with Gasteiger partial charge in [-0.25, -0.2) is 4.79 Å². The molecule has 0 aliphatic heterocycles. The zero-order chi connectivity index (χ0) is 17.7. The minimum Gasteiger partial charge on any atom is -0.497 e. The number of amides is 1. The van der Waals surface area contributed by atoms with Crippen molar-refractivity contribution in [1.29, 1.82) is 0 Å². The number of benzene rings is 2. The zero-order valence-electron chi connectivity index (χ0n) is 14.1. The quantitative estimate of drug-likeness (QED) is 0.850. The van der Waals surface area contributed by atoms with Gasteiger partial charge in [-0.1, -0.05) is 18.2 Å². The highest BCUT2D eigenvalue weighted by Crippen LogP contribution is 2.21. The molecule has 2 aromatic rings. The van der Waals surface area contributed by atoms with E-state index in [9.17, 15) is 14.7 Å². The first-order chi connectivity index (χ1) is 11.4. The molecule has 0 heterocycles. The summed E-state index contributed by atoms with van der Waals surface area (Å²) in [7, 11) is 1.60. The van der Waals surface area contributed by atoms with Crippen molar-refractivity contribution in [2.24, 2.45) is 0 Å². The van der Waals surface area contributed by atoms with Gasteiger partial charge in [0.25, 0.3) is 0 Å². The largest absolute Gasteiger partial charge is 0.497 e. The molecule has 0 unspecified atom stereocenters. The molecule has 5 heteroatoms. The molecule has 0 aromatic heterocycles. The number of hydrogen-bond donors (Lipinski definition) is 2. The fourth-order valence-electron chi connectivity index (χ4n) is 2.52. The van der Waals surface area contributed by atoms with Crippen molar-refractivity contribution in [1.82, 2.24) is 0 Å². The van der Waals surface area contributed by atoms with Crippen molar-refractivity contribution < 1.29 is 19.4 Å². The number of methoxy groups -OCH3 is 1. The molecule has 0 aliphatic rings. The molecule has 0 saturated heterocycles. The van der Waals surface area contributed by atoms with E-state index in [0.29, 0.717) is 24.1 Å². The Hall–Kier alpha value is -2.82. The van der Waals surface area contributed by atoms with Gasteiger partial charge in [0, 0.05) is 12.1 Å². The SMILES string of the molecule is COc1cccc(CCC(=O)Nc2cc(C(=O)O)c(C)cc2C)c1. The zero-order valence-corrected chi connectivity index (χ0v) is 14.1. The number of anilines is 1. The molecule has 2 aromatic carbocycles. The van der Waals surface area contributed by atoms with Gasteiger partial charge in [-0.3, -0.25) is 4.79 Å². The fraction of sp³-hybridized carbons (Fsp3) is 0.263. The van der Waals surface area contributed by atoms with E-state index < -0.39 is 5.97 Å². The third kappa shape index (κ3) is 4.35.